The lowest BCUT2D eigenvalue weighted by Gasteiger charge is -2.35. The average molecular weight is 332 g/mol. The zero-order valence-corrected chi connectivity index (χ0v) is 14.5. The molecule has 1 saturated heterocycles. The largest absolute Gasteiger partial charge is 0.291 e. The van der Waals surface area contributed by atoms with Crippen LogP contribution in [0.4, 0.5) is 0 Å². The van der Waals surface area contributed by atoms with E-state index in [-0.39, 0.29) is 0 Å². The summed E-state index contributed by atoms with van der Waals surface area (Å²) in [5.74, 6) is 0. The van der Waals surface area contributed by atoms with Crippen LogP contribution in [0.1, 0.15) is 42.1 Å². The van der Waals surface area contributed by atoms with Gasteiger partial charge >= 0.3 is 0 Å². The lowest BCUT2D eigenvalue weighted by atomic mass is 9.98. The standard InChI is InChI=1S/C21H24N4/c1-3-12-22-20(6-1)21-7-2-4-14-24(21)16-18-8-10-19(11-9-18)17-25-15-5-13-23-25/h1,3,5-6,8-13,15,21H,2,4,7,14,16-17H2/t21-/m0/s1. The van der Waals surface area contributed by atoms with Gasteiger partial charge in [0.2, 0.25) is 0 Å². The monoisotopic (exact) mass is 332 g/mol. The van der Waals surface area contributed by atoms with E-state index in [1.165, 1.54) is 36.1 Å². The first-order valence-corrected chi connectivity index (χ1v) is 9.09. The van der Waals surface area contributed by atoms with Crippen LogP contribution in [0.15, 0.2) is 67.1 Å². The Kier molecular flexibility index (Phi) is 4.89. The van der Waals surface area contributed by atoms with Crippen LogP contribution < -0.4 is 0 Å². The highest BCUT2D eigenvalue weighted by Gasteiger charge is 2.24. The van der Waals surface area contributed by atoms with E-state index in [1.54, 1.807) is 0 Å². The molecule has 0 spiro atoms. The minimum absolute atomic E-state index is 0.443. The van der Waals surface area contributed by atoms with Crippen molar-refractivity contribution < 1.29 is 0 Å². The molecule has 1 aromatic carbocycles. The highest BCUT2D eigenvalue weighted by molar-refractivity contribution is 5.23. The van der Waals surface area contributed by atoms with E-state index in [2.05, 4.69) is 51.4 Å². The molecule has 4 rings (SSSR count). The summed E-state index contributed by atoms with van der Waals surface area (Å²) in [6.45, 7) is 2.97. The number of likely N-dealkylation sites (tertiary alicyclic amines) is 1. The summed E-state index contributed by atoms with van der Waals surface area (Å²) in [5.41, 5.74) is 3.86. The number of nitrogens with zero attached hydrogens (tertiary/aromatic N) is 4. The van der Waals surface area contributed by atoms with Gasteiger partial charge in [-0.15, -0.1) is 0 Å². The molecule has 0 saturated carbocycles. The Morgan fingerprint density at radius 3 is 2.44 bits per heavy atom. The van der Waals surface area contributed by atoms with Crippen molar-refractivity contribution in [1.29, 1.82) is 0 Å². The summed E-state index contributed by atoms with van der Waals surface area (Å²) in [5, 5.41) is 4.27. The molecule has 0 bridgehead atoms. The Morgan fingerprint density at radius 2 is 1.72 bits per heavy atom. The molecule has 0 radical (unpaired) electrons. The number of hydrogen-bond acceptors (Lipinski definition) is 3. The van der Waals surface area contributed by atoms with Gasteiger partial charge in [0.15, 0.2) is 0 Å². The minimum Gasteiger partial charge on any atom is -0.291 e. The van der Waals surface area contributed by atoms with E-state index < -0.39 is 0 Å². The maximum absolute atomic E-state index is 4.60. The fourth-order valence-electron chi connectivity index (χ4n) is 3.65. The van der Waals surface area contributed by atoms with Gasteiger partial charge < -0.3 is 0 Å². The molecule has 128 valence electrons. The van der Waals surface area contributed by atoms with Crippen LogP contribution in [-0.2, 0) is 13.1 Å². The Hall–Kier alpha value is -2.46. The van der Waals surface area contributed by atoms with Gasteiger partial charge in [-0.2, -0.15) is 5.10 Å². The van der Waals surface area contributed by atoms with E-state index in [9.17, 15) is 0 Å². The van der Waals surface area contributed by atoms with E-state index >= 15 is 0 Å². The molecule has 0 unspecified atom stereocenters. The predicted octanol–water partition coefficient (Wildman–Crippen LogP) is 4.05. The van der Waals surface area contributed by atoms with Crippen molar-refractivity contribution in [2.75, 3.05) is 6.54 Å². The second kappa shape index (κ2) is 7.62. The Labute approximate surface area is 149 Å². The average Bonchev–Trinajstić information content (AvgIpc) is 3.18. The highest BCUT2D eigenvalue weighted by Crippen LogP contribution is 2.30. The van der Waals surface area contributed by atoms with Crippen molar-refractivity contribution in [2.45, 2.75) is 38.4 Å². The van der Waals surface area contributed by atoms with Crippen molar-refractivity contribution in [3.63, 3.8) is 0 Å². The molecular weight excluding hydrogens is 308 g/mol. The molecule has 25 heavy (non-hydrogen) atoms. The molecule has 1 aliphatic heterocycles. The fraction of sp³-hybridized carbons (Fsp3) is 0.333. The third-order valence-electron chi connectivity index (χ3n) is 4.96. The van der Waals surface area contributed by atoms with Crippen molar-refractivity contribution in [3.05, 3.63) is 83.9 Å². The summed E-state index contributed by atoms with van der Waals surface area (Å²) in [4.78, 5) is 7.18. The van der Waals surface area contributed by atoms with Gasteiger partial charge in [0.05, 0.1) is 18.3 Å². The quantitative estimate of drug-likeness (QED) is 0.707. The highest BCUT2D eigenvalue weighted by atomic mass is 15.3. The van der Waals surface area contributed by atoms with Gasteiger partial charge in [-0.05, 0) is 48.7 Å². The second-order valence-corrected chi connectivity index (χ2v) is 6.76. The first-order valence-electron chi connectivity index (χ1n) is 9.09. The molecule has 2 aromatic heterocycles. The molecule has 0 amide bonds. The Balaban J connectivity index is 1.44. The predicted molar refractivity (Wildman–Crippen MR) is 99.0 cm³/mol. The lowest BCUT2D eigenvalue weighted by molar-refractivity contribution is 0.137. The van der Waals surface area contributed by atoms with Crippen LogP contribution >= 0.6 is 0 Å². The molecule has 0 N–H and O–H groups in total. The van der Waals surface area contributed by atoms with Crippen LogP contribution in [0.2, 0.25) is 0 Å². The summed E-state index contributed by atoms with van der Waals surface area (Å²) in [6.07, 6.45) is 9.50. The lowest BCUT2D eigenvalue weighted by Crippen LogP contribution is -2.33. The van der Waals surface area contributed by atoms with Gasteiger partial charge in [0.1, 0.15) is 0 Å². The topological polar surface area (TPSA) is 34.0 Å². The zero-order chi connectivity index (χ0) is 16.9. The van der Waals surface area contributed by atoms with E-state index in [1.807, 2.05) is 35.4 Å². The summed E-state index contributed by atoms with van der Waals surface area (Å²) >= 11 is 0. The van der Waals surface area contributed by atoms with Gasteiger partial charge in [-0.25, -0.2) is 0 Å². The van der Waals surface area contributed by atoms with Crippen LogP contribution in [-0.4, -0.2) is 26.2 Å². The van der Waals surface area contributed by atoms with Crippen molar-refractivity contribution in [1.82, 2.24) is 19.7 Å². The van der Waals surface area contributed by atoms with Crippen molar-refractivity contribution in [2.24, 2.45) is 0 Å². The first-order chi connectivity index (χ1) is 12.4. The molecule has 1 aliphatic rings. The minimum atomic E-state index is 0.443. The van der Waals surface area contributed by atoms with E-state index in [0.717, 1.165) is 19.6 Å². The molecule has 4 nitrogen and oxygen atoms in total. The summed E-state index contributed by atoms with van der Waals surface area (Å²) < 4.78 is 1.96. The Morgan fingerprint density at radius 1 is 0.880 bits per heavy atom. The van der Waals surface area contributed by atoms with Crippen LogP contribution in [0.5, 0.6) is 0 Å². The number of hydrogen-bond donors (Lipinski definition) is 0. The molecule has 4 heteroatoms. The van der Waals surface area contributed by atoms with Gasteiger partial charge in [0, 0.05) is 25.1 Å². The van der Waals surface area contributed by atoms with Gasteiger partial charge in [-0.1, -0.05) is 36.8 Å². The first kappa shape index (κ1) is 16.0. The van der Waals surface area contributed by atoms with Crippen LogP contribution in [0.3, 0.4) is 0 Å². The Bertz CT molecular complexity index is 765. The number of benzene rings is 1. The number of piperidine rings is 1. The second-order valence-electron chi connectivity index (χ2n) is 6.76. The van der Waals surface area contributed by atoms with E-state index in [0.29, 0.717) is 6.04 Å². The summed E-state index contributed by atoms with van der Waals surface area (Å²) in [7, 11) is 0. The maximum atomic E-state index is 4.60. The maximum Gasteiger partial charge on any atom is 0.0659 e. The van der Waals surface area contributed by atoms with Crippen LogP contribution in [0, 0.1) is 0 Å². The molecular formula is C21H24N4. The van der Waals surface area contributed by atoms with Gasteiger partial charge in [-0.3, -0.25) is 14.6 Å². The molecule has 1 fully saturated rings. The fourth-order valence-corrected chi connectivity index (χ4v) is 3.65. The number of aromatic nitrogens is 3. The molecule has 3 aromatic rings. The molecule has 1 atom stereocenters. The van der Waals surface area contributed by atoms with Crippen molar-refractivity contribution in [3.8, 4) is 0 Å². The number of rotatable bonds is 5. The smallest absolute Gasteiger partial charge is 0.0659 e. The molecule has 3 heterocycles. The van der Waals surface area contributed by atoms with E-state index in [4.69, 9.17) is 0 Å². The SMILES string of the molecule is c1ccc([C@@H]2CCCCN2Cc2ccc(Cn3cccn3)cc2)nc1. The van der Waals surface area contributed by atoms with Gasteiger partial charge in [0.25, 0.3) is 0 Å². The molecule has 0 aliphatic carbocycles. The zero-order valence-electron chi connectivity index (χ0n) is 14.5. The number of pyridine rings is 1. The van der Waals surface area contributed by atoms with Crippen molar-refractivity contribution >= 4 is 0 Å². The normalized spacial score (nSPS) is 18.3. The van der Waals surface area contributed by atoms with Crippen LogP contribution in [0.25, 0.3) is 0 Å². The summed E-state index contributed by atoms with van der Waals surface area (Å²) in [6, 6.07) is 17.6. The third-order valence-corrected chi connectivity index (χ3v) is 4.96. The third kappa shape index (κ3) is 3.97.